The minimum atomic E-state index is -2.74. The maximum absolute atomic E-state index is 12.4. The monoisotopic (exact) mass is 328 g/mol. The molecule has 0 unspecified atom stereocenters. The van der Waals surface area contributed by atoms with Crippen LogP contribution in [0.2, 0.25) is 0 Å². The van der Waals surface area contributed by atoms with Gasteiger partial charge in [0.15, 0.2) is 0 Å². The van der Waals surface area contributed by atoms with Crippen molar-refractivity contribution in [3.05, 3.63) is 26.6 Å². The quantitative estimate of drug-likeness (QED) is 0.655. The average molecular weight is 328 g/mol. The largest absolute Gasteiger partial charge is 0.478 e. The van der Waals surface area contributed by atoms with Crippen molar-refractivity contribution < 1.29 is 18.7 Å². The molecule has 0 aliphatic rings. The zero-order chi connectivity index (χ0) is 11.6. The van der Waals surface area contributed by atoms with Crippen molar-refractivity contribution in [3.8, 4) is 0 Å². The first-order valence-electron chi connectivity index (χ1n) is 3.88. The Balaban J connectivity index is 3.37. The summed E-state index contributed by atoms with van der Waals surface area (Å²) in [4.78, 5) is 14.5. The summed E-state index contributed by atoms with van der Waals surface area (Å²) >= 11 is 1.63. The Morgan fingerprint density at radius 3 is 2.67 bits per heavy atom. The van der Waals surface area contributed by atoms with Gasteiger partial charge >= 0.3 is 5.97 Å². The Kier molecular flexibility index (Phi) is 3.91. The summed E-state index contributed by atoms with van der Waals surface area (Å²) in [6.45, 7) is -0.0961. The van der Waals surface area contributed by atoms with Gasteiger partial charge in [0.05, 0.1) is 16.8 Å². The van der Waals surface area contributed by atoms with Gasteiger partial charge in [-0.25, -0.2) is 18.6 Å². The van der Waals surface area contributed by atoms with Crippen LogP contribution in [0.4, 0.5) is 8.78 Å². The lowest BCUT2D eigenvalue weighted by Gasteiger charge is -2.08. The number of aromatic nitrogens is 1. The smallest absolute Gasteiger partial charge is 0.337 e. The van der Waals surface area contributed by atoms with Crippen LogP contribution in [0.1, 0.15) is 28.0 Å². The minimum absolute atomic E-state index is 0.0769. The molecule has 7 heteroatoms. The predicted molar refractivity (Wildman–Crippen MR) is 56.8 cm³/mol. The summed E-state index contributed by atoms with van der Waals surface area (Å²) in [5.74, 6) is -1.30. The molecular weight excluding hydrogens is 321 g/mol. The number of aromatic carboxylic acids is 1. The molecule has 3 N–H and O–H groups in total. The Hall–Kier alpha value is -0.830. The van der Waals surface area contributed by atoms with E-state index < -0.39 is 12.4 Å². The molecule has 0 saturated heterocycles. The van der Waals surface area contributed by atoms with E-state index in [1.54, 1.807) is 22.6 Å². The third-order valence-corrected chi connectivity index (χ3v) is 2.60. The highest BCUT2D eigenvalue weighted by Crippen LogP contribution is 2.25. The van der Waals surface area contributed by atoms with Crippen molar-refractivity contribution in [2.45, 2.75) is 13.0 Å². The van der Waals surface area contributed by atoms with Gasteiger partial charge in [0.1, 0.15) is 3.70 Å². The first-order valence-corrected chi connectivity index (χ1v) is 4.96. The summed E-state index contributed by atoms with van der Waals surface area (Å²) in [5.41, 5.74) is 4.72. The molecule has 82 valence electrons. The predicted octanol–water partition coefficient (Wildman–Crippen LogP) is 1.78. The topological polar surface area (TPSA) is 76.2 Å². The summed E-state index contributed by atoms with van der Waals surface area (Å²) in [5, 5.41) is 8.75. The molecule has 0 aliphatic carbocycles. The number of carboxylic acid groups (broad SMARTS) is 1. The first kappa shape index (κ1) is 12.2. The van der Waals surface area contributed by atoms with Crippen LogP contribution >= 0.6 is 22.6 Å². The van der Waals surface area contributed by atoms with Gasteiger partial charge in [-0.15, -0.1) is 0 Å². The summed E-state index contributed by atoms with van der Waals surface area (Å²) in [6.07, 6.45) is -2.74. The molecule has 1 rings (SSSR count). The van der Waals surface area contributed by atoms with E-state index in [9.17, 15) is 13.6 Å². The van der Waals surface area contributed by atoms with Gasteiger partial charge in [-0.3, -0.25) is 0 Å². The van der Waals surface area contributed by atoms with E-state index in [1.165, 1.54) is 0 Å². The van der Waals surface area contributed by atoms with Crippen LogP contribution in [0.3, 0.4) is 0 Å². The molecular formula is C8H7F2IN2O2. The fourth-order valence-electron chi connectivity index (χ4n) is 1.04. The van der Waals surface area contributed by atoms with E-state index in [0.717, 1.165) is 6.07 Å². The van der Waals surface area contributed by atoms with Crippen LogP contribution < -0.4 is 5.73 Å². The van der Waals surface area contributed by atoms with Crippen LogP contribution in [0.25, 0.3) is 0 Å². The number of carboxylic acids is 1. The highest BCUT2D eigenvalue weighted by atomic mass is 127. The molecule has 0 spiro atoms. The molecule has 4 nitrogen and oxygen atoms in total. The van der Waals surface area contributed by atoms with E-state index in [1.807, 2.05) is 0 Å². The number of hydrogen-bond acceptors (Lipinski definition) is 3. The Labute approximate surface area is 97.6 Å². The van der Waals surface area contributed by atoms with Crippen molar-refractivity contribution >= 4 is 28.6 Å². The fourth-order valence-corrected chi connectivity index (χ4v) is 1.72. The van der Waals surface area contributed by atoms with E-state index in [4.69, 9.17) is 10.8 Å². The molecule has 0 radical (unpaired) electrons. The van der Waals surface area contributed by atoms with E-state index in [2.05, 4.69) is 4.98 Å². The van der Waals surface area contributed by atoms with Crippen molar-refractivity contribution in [1.29, 1.82) is 0 Å². The molecule has 1 aromatic rings. The summed E-state index contributed by atoms with van der Waals surface area (Å²) in [6, 6.07) is 0.921. The van der Waals surface area contributed by atoms with Crippen molar-refractivity contribution in [2.24, 2.45) is 5.73 Å². The number of rotatable bonds is 3. The van der Waals surface area contributed by atoms with E-state index in [0.29, 0.717) is 0 Å². The average Bonchev–Trinajstić information content (AvgIpc) is 2.16. The molecule has 15 heavy (non-hydrogen) atoms. The Morgan fingerprint density at radius 2 is 2.27 bits per heavy atom. The lowest BCUT2D eigenvalue weighted by atomic mass is 10.1. The standard InChI is InChI=1S/C8H7F2IN2O2/c9-6(10)4-1-3(8(14)15)5(2-12)13-7(4)11/h1,6H,2,12H2,(H,14,15). The first-order chi connectivity index (χ1) is 6.97. The van der Waals surface area contributed by atoms with Gasteiger partial charge in [0.25, 0.3) is 6.43 Å². The highest BCUT2D eigenvalue weighted by molar-refractivity contribution is 14.1. The fraction of sp³-hybridized carbons (Fsp3) is 0.250. The highest BCUT2D eigenvalue weighted by Gasteiger charge is 2.19. The van der Waals surface area contributed by atoms with Crippen molar-refractivity contribution in [3.63, 3.8) is 0 Å². The van der Waals surface area contributed by atoms with Gasteiger partial charge in [-0.1, -0.05) is 0 Å². The van der Waals surface area contributed by atoms with Crippen molar-refractivity contribution in [1.82, 2.24) is 4.98 Å². The van der Waals surface area contributed by atoms with Gasteiger partial charge in [0.2, 0.25) is 0 Å². The lowest BCUT2D eigenvalue weighted by Crippen LogP contribution is -2.12. The van der Waals surface area contributed by atoms with Crippen LogP contribution in [-0.4, -0.2) is 16.1 Å². The lowest BCUT2D eigenvalue weighted by molar-refractivity contribution is 0.0694. The molecule has 0 amide bonds. The number of carbonyl (C=O) groups is 1. The molecule has 0 fully saturated rings. The number of halogens is 3. The Bertz CT molecular complexity index is 398. The number of hydrogen-bond donors (Lipinski definition) is 2. The van der Waals surface area contributed by atoms with Crippen LogP contribution in [0.15, 0.2) is 6.07 Å². The maximum atomic E-state index is 12.4. The van der Waals surface area contributed by atoms with Gasteiger partial charge in [0, 0.05) is 6.54 Å². The number of alkyl halides is 2. The number of pyridine rings is 1. The molecule has 0 saturated carbocycles. The van der Waals surface area contributed by atoms with Gasteiger partial charge < -0.3 is 10.8 Å². The number of nitrogens with zero attached hydrogens (tertiary/aromatic N) is 1. The summed E-state index contributed by atoms with van der Waals surface area (Å²) in [7, 11) is 0. The second-order valence-corrected chi connectivity index (χ2v) is 3.69. The third kappa shape index (κ3) is 2.59. The van der Waals surface area contributed by atoms with Crippen LogP contribution in [-0.2, 0) is 6.54 Å². The van der Waals surface area contributed by atoms with Gasteiger partial charge in [-0.05, 0) is 28.7 Å². The van der Waals surface area contributed by atoms with E-state index in [-0.39, 0.29) is 27.1 Å². The van der Waals surface area contributed by atoms with Crippen molar-refractivity contribution in [2.75, 3.05) is 0 Å². The zero-order valence-electron chi connectivity index (χ0n) is 7.38. The second-order valence-electron chi connectivity index (χ2n) is 2.67. The Morgan fingerprint density at radius 1 is 1.67 bits per heavy atom. The number of nitrogens with two attached hydrogens (primary N) is 1. The zero-order valence-corrected chi connectivity index (χ0v) is 9.53. The maximum Gasteiger partial charge on any atom is 0.337 e. The normalized spacial score (nSPS) is 10.7. The van der Waals surface area contributed by atoms with Gasteiger partial charge in [-0.2, -0.15) is 0 Å². The van der Waals surface area contributed by atoms with Crippen LogP contribution in [0.5, 0.6) is 0 Å². The van der Waals surface area contributed by atoms with Crippen LogP contribution in [0, 0.1) is 3.70 Å². The molecule has 0 aliphatic heterocycles. The summed E-state index contributed by atoms with van der Waals surface area (Å²) < 4.78 is 25.0. The third-order valence-electron chi connectivity index (χ3n) is 1.74. The molecule has 0 bridgehead atoms. The minimum Gasteiger partial charge on any atom is -0.478 e. The second kappa shape index (κ2) is 4.79. The van der Waals surface area contributed by atoms with E-state index >= 15 is 0 Å². The molecule has 1 heterocycles. The molecule has 1 aromatic heterocycles. The molecule has 0 aromatic carbocycles. The molecule has 0 atom stereocenters. The SMILES string of the molecule is NCc1nc(I)c(C(F)F)cc1C(=O)O.